The molecule has 0 aliphatic heterocycles. The summed E-state index contributed by atoms with van der Waals surface area (Å²) < 4.78 is 19.8. The first-order chi connectivity index (χ1) is 9.61. The molecule has 1 N–H and O–H groups in total. The molecule has 0 unspecified atom stereocenters. The molecule has 0 saturated heterocycles. The molecule has 0 atom stereocenters. The number of para-hydroxylation sites is 1. The fourth-order valence-corrected chi connectivity index (χ4v) is 2.08. The maximum absolute atomic E-state index is 14.1. The summed E-state index contributed by atoms with van der Waals surface area (Å²) in [5.74, 6) is 0.663. The quantitative estimate of drug-likeness (QED) is 0.874. The monoisotopic (exact) mass is 273 g/mol. The normalized spacial score (nSPS) is 10.6. The highest BCUT2D eigenvalue weighted by Gasteiger charge is 2.09. The van der Waals surface area contributed by atoms with Crippen molar-refractivity contribution in [2.45, 2.75) is 27.3 Å². The van der Waals surface area contributed by atoms with Crippen molar-refractivity contribution < 1.29 is 9.13 Å². The third-order valence-corrected chi connectivity index (χ3v) is 3.20. The van der Waals surface area contributed by atoms with Crippen molar-refractivity contribution in [2.24, 2.45) is 0 Å². The summed E-state index contributed by atoms with van der Waals surface area (Å²) in [4.78, 5) is 0. The Morgan fingerprint density at radius 2 is 1.80 bits per heavy atom. The van der Waals surface area contributed by atoms with E-state index in [2.05, 4.69) is 5.32 Å². The van der Waals surface area contributed by atoms with E-state index in [9.17, 15) is 4.39 Å². The maximum Gasteiger partial charge on any atom is 0.166 e. The number of hydrogen-bond donors (Lipinski definition) is 1. The zero-order valence-corrected chi connectivity index (χ0v) is 12.2. The molecule has 0 saturated carbocycles. The molecule has 0 aliphatic carbocycles. The van der Waals surface area contributed by atoms with Crippen LogP contribution in [0.1, 0.15) is 23.6 Å². The standard InChI is InChI=1S/C17H20FNO/c1-4-19-11-14-8-9-16(15(18)10-14)20-17-12(2)6-5-7-13(17)3/h5-10,19H,4,11H2,1-3H3. The largest absolute Gasteiger partial charge is 0.454 e. The minimum atomic E-state index is -0.331. The first kappa shape index (κ1) is 14.5. The van der Waals surface area contributed by atoms with Crippen LogP contribution in [-0.2, 0) is 6.54 Å². The summed E-state index contributed by atoms with van der Waals surface area (Å²) in [5, 5.41) is 3.17. The van der Waals surface area contributed by atoms with Gasteiger partial charge in [0.2, 0.25) is 0 Å². The number of halogens is 1. The molecular formula is C17H20FNO. The van der Waals surface area contributed by atoms with Crippen LogP contribution in [0.5, 0.6) is 11.5 Å². The van der Waals surface area contributed by atoms with Crippen LogP contribution in [0.15, 0.2) is 36.4 Å². The smallest absolute Gasteiger partial charge is 0.166 e. The summed E-state index contributed by atoms with van der Waals surface area (Å²) in [7, 11) is 0. The highest BCUT2D eigenvalue weighted by atomic mass is 19.1. The molecule has 0 amide bonds. The van der Waals surface area contributed by atoms with Gasteiger partial charge in [-0.05, 0) is 49.2 Å². The van der Waals surface area contributed by atoms with Gasteiger partial charge >= 0.3 is 0 Å². The molecule has 0 bridgehead atoms. The predicted molar refractivity (Wildman–Crippen MR) is 79.8 cm³/mol. The van der Waals surface area contributed by atoms with Crippen molar-refractivity contribution in [1.82, 2.24) is 5.32 Å². The summed E-state index contributed by atoms with van der Waals surface area (Å²) in [6.07, 6.45) is 0. The average Bonchev–Trinajstić information content (AvgIpc) is 2.42. The summed E-state index contributed by atoms with van der Waals surface area (Å²) in [6.45, 7) is 7.47. The number of aryl methyl sites for hydroxylation is 2. The van der Waals surface area contributed by atoms with Crippen molar-refractivity contribution in [3.63, 3.8) is 0 Å². The number of hydrogen-bond acceptors (Lipinski definition) is 2. The van der Waals surface area contributed by atoms with Crippen molar-refractivity contribution in [2.75, 3.05) is 6.54 Å². The molecule has 0 heterocycles. The zero-order chi connectivity index (χ0) is 14.5. The van der Waals surface area contributed by atoms with Crippen LogP contribution in [0.25, 0.3) is 0 Å². The Hall–Kier alpha value is -1.87. The van der Waals surface area contributed by atoms with E-state index < -0.39 is 0 Å². The van der Waals surface area contributed by atoms with Crippen LogP contribution in [0.2, 0.25) is 0 Å². The Balaban J connectivity index is 2.22. The van der Waals surface area contributed by atoms with E-state index in [-0.39, 0.29) is 11.6 Å². The molecular weight excluding hydrogens is 253 g/mol. The third kappa shape index (κ3) is 3.36. The Morgan fingerprint density at radius 3 is 2.40 bits per heavy atom. The van der Waals surface area contributed by atoms with Gasteiger partial charge in [-0.15, -0.1) is 0 Å². The van der Waals surface area contributed by atoms with Crippen molar-refractivity contribution in [3.8, 4) is 11.5 Å². The minimum absolute atomic E-state index is 0.266. The Kier molecular flexibility index (Phi) is 4.74. The van der Waals surface area contributed by atoms with Gasteiger partial charge in [0.1, 0.15) is 5.75 Å². The van der Waals surface area contributed by atoms with Gasteiger partial charge in [0.25, 0.3) is 0 Å². The molecule has 3 heteroatoms. The highest BCUT2D eigenvalue weighted by Crippen LogP contribution is 2.30. The Labute approximate surface area is 119 Å². The molecule has 0 radical (unpaired) electrons. The van der Waals surface area contributed by atoms with Gasteiger partial charge in [0, 0.05) is 6.54 Å². The van der Waals surface area contributed by atoms with Gasteiger partial charge in [-0.25, -0.2) is 4.39 Å². The van der Waals surface area contributed by atoms with Crippen LogP contribution in [0, 0.1) is 19.7 Å². The van der Waals surface area contributed by atoms with E-state index in [1.165, 1.54) is 6.07 Å². The first-order valence-corrected chi connectivity index (χ1v) is 6.85. The second kappa shape index (κ2) is 6.53. The van der Waals surface area contributed by atoms with Gasteiger partial charge in [0.05, 0.1) is 0 Å². The molecule has 2 rings (SSSR count). The predicted octanol–water partition coefficient (Wildman–Crippen LogP) is 4.34. The van der Waals surface area contributed by atoms with Crippen molar-refractivity contribution in [3.05, 3.63) is 58.9 Å². The Morgan fingerprint density at radius 1 is 1.10 bits per heavy atom. The highest BCUT2D eigenvalue weighted by molar-refractivity contribution is 5.43. The molecule has 2 aromatic carbocycles. The van der Waals surface area contributed by atoms with Crippen molar-refractivity contribution >= 4 is 0 Å². The van der Waals surface area contributed by atoms with Gasteiger partial charge in [0.15, 0.2) is 11.6 Å². The minimum Gasteiger partial charge on any atom is -0.454 e. The van der Waals surface area contributed by atoms with Crippen LogP contribution < -0.4 is 10.1 Å². The second-order valence-corrected chi connectivity index (χ2v) is 4.87. The Bertz CT molecular complexity index is 575. The lowest BCUT2D eigenvalue weighted by molar-refractivity contribution is 0.436. The van der Waals surface area contributed by atoms with Gasteiger partial charge in [-0.3, -0.25) is 0 Å². The van der Waals surface area contributed by atoms with E-state index in [4.69, 9.17) is 4.74 Å². The summed E-state index contributed by atoms with van der Waals surface area (Å²) in [5.41, 5.74) is 2.92. The molecule has 0 aromatic heterocycles. The third-order valence-electron chi connectivity index (χ3n) is 3.20. The van der Waals surface area contributed by atoms with Crippen molar-refractivity contribution in [1.29, 1.82) is 0 Å². The molecule has 20 heavy (non-hydrogen) atoms. The average molecular weight is 273 g/mol. The summed E-state index contributed by atoms with van der Waals surface area (Å²) in [6, 6.07) is 11.0. The molecule has 0 aliphatic rings. The molecule has 0 spiro atoms. The SMILES string of the molecule is CCNCc1ccc(Oc2c(C)cccc2C)c(F)c1. The van der Waals surface area contributed by atoms with Crippen LogP contribution in [0.4, 0.5) is 4.39 Å². The van der Waals surface area contributed by atoms with E-state index in [1.807, 2.05) is 45.0 Å². The molecule has 0 fully saturated rings. The summed E-state index contributed by atoms with van der Waals surface area (Å²) >= 11 is 0. The van der Waals surface area contributed by atoms with Crippen LogP contribution in [0.3, 0.4) is 0 Å². The van der Waals surface area contributed by atoms with E-state index in [0.29, 0.717) is 6.54 Å². The molecule has 2 nitrogen and oxygen atoms in total. The fraction of sp³-hybridized carbons (Fsp3) is 0.294. The molecule has 2 aromatic rings. The second-order valence-electron chi connectivity index (χ2n) is 4.87. The lowest BCUT2D eigenvalue weighted by Gasteiger charge is -2.13. The number of ether oxygens (including phenoxy) is 1. The van der Waals surface area contributed by atoms with Crippen LogP contribution >= 0.6 is 0 Å². The lowest BCUT2D eigenvalue weighted by Crippen LogP contribution is -2.11. The van der Waals surface area contributed by atoms with Gasteiger partial charge in [-0.2, -0.15) is 0 Å². The molecule has 106 valence electrons. The van der Waals surface area contributed by atoms with E-state index >= 15 is 0 Å². The zero-order valence-electron chi connectivity index (χ0n) is 12.2. The topological polar surface area (TPSA) is 21.3 Å². The lowest BCUT2D eigenvalue weighted by atomic mass is 10.1. The first-order valence-electron chi connectivity index (χ1n) is 6.85. The van der Waals surface area contributed by atoms with Crippen LogP contribution in [-0.4, -0.2) is 6.54 Å². The van der Waals surface area contributed by atoms with Gasteiger partial charge in [-0.1, -0.05) is 31.2 Å². The number of benzene rings is 2. The fourth-order valence-electron chi connectivity index (χ4n) is 2.08. The maximum atomic E-state index is 14.1. The number of rotatable bonds is 5. The van der Waals surface area contributed by atoms with E-state index in [1.54, 1.807) is 6.07 Å². The number of nitrogens with one attached hydrogen (secondary N) is 1. The van der Waals surface area contributed by atoms with E-state index in [0.717, 1.165) is 29.0 Å². The van der Waals surface area contributed by atoms with Gasteiger partial charge < -0.3 is 10.1 Å².